The van der Waals surface area contributed by atoms with Crippen LogP contribution in [0.15, 0.2) is 0 Å². The van der Waals surface area contributed by atoms with E-state index in [1.807, 2.05) is 0 Å². The zero-order chi connectivity index (χ0) is 12.8. The highest BCUT2D eigenvalue weighted by Crippen LogP contribution is 2.02. The Bertz CT molecular complexity index is 222. The van der Waals surface area contributed by atoms with Gasteiger partial charge in [0.15, 0.2) is 0 Å². The van der Waals surface area contributed by atoms with E-state index in [9.17, 15) is 4.79 Å². The van der Waals surface area contributed by atoms with Gasteiger partial charge in [0.05, 0.1) is 7.11 Å². The number of methoxy groups -OCH3 is 1. The van der Waals surface area contributed by atoms with Crippen LogP contribution >= 0.6 is 0 Å². The average Bonchev–Trinajstić information content (AvgIpc) is 2.41. The van der Waals surface area contributed by atoms with Crippen molar-refractivity contribution in [2.24, 2.45) is 0 Å². The van der Waals surface area contributed by atoms with Crippen molar-refractivity contribution in [1.29, 1.82) is 0 Å². The van der Waals surface area contributed by atoms with E-state index in [0.29, 0.717) is 0 Å². The molecule has 0 aliphatic carbocycles. The highest BCUT2D eigenvalue weighted by atomic mass is 16.5. The second-order valence-electron chi connectivity index (χ2n) is 3.92. The van der Waals surface area contributed by atoms with Gasteiger partial charge in [0.2, 0.25) is 0 Å². The molecule has 0 N–H and O–H groups in total. The number of unbranched alkanes of at least 4 members (excludes halogenated alkanes) is 3. The molecule has 0 bridgehead atoms. The molecule has 1 heterocycles. The minimum atomic E-state index is -0.443. The SMILES string of the molecule is C1CCOCC1.CCCCCC#CC(=O)OC. The third kappa shape index (κ3) is 12.9. The van der Waals surface area contributed by atoms with Crippen molar-refractivity contribution in [1.82, 2.24) is 0 Å². The van der Waals surface area contributed by atoms with Gasteiger partial charge in [-0.25, -0.2) is 4.79 Å². The summed E-state index contributed by atoms with van der Waals surface area (Å²) in [5.41, 5.74) is 0. The number of carbonyl (C=O) groups is 1. The normalized spacial score (nSPS) is 13.8. The third-order valence-corrected chi connectivity index (χ3v) is 2.36. The van der Waals surface area contributed by atoms with Crippen LogP contribution in [-0.4, -0.2) is 26.3 Å². The lowest BCUT2D eigenvalue weighted by Crippen LogP contribution is -2.03. The van der Waals surface area contributed by atoms with E-state index in [-0.39, 0.29) is 0 Å². The summed E-state index contributed by atoms with van der Waals surface area (Å²) in [6, 6.07) is 0. The molecule has 17 heavy (non-hydrogen) atoms. The largest absolute Gasteiger partial charge is 0.459 e. The van der Waals surface area contributed by atoms with E-state index in [0.717, 1.165) is 26.1 Å². The van der Waals surface area contributed by atoms with Crippen molar-refractivity contribution in [2.45, 2.75) is 51.9 Å². The first-order chi connectivity index (χ1) is 8.31. The minimum Gasteiger partial charge on any atom is -0.459 e. The fourth-order valence-corrected chi connectivity index (χ4v) is 1.34. The maximum absolute atomic E-state index is 10.4. The Morgan fingerprint density at radius 2 is 1.94 bits per heavy atom. The van der Waals surface area contributed by atoms with Gasteiger partial charge in [-0.3, -0.25) is 0 Å². The maximum Gasteiger partial charge on any atom is 0.384 e. The second-order valence-corrected chi connectivity index (χ2v) is 3.92. The number of hydrogen-bond acceptors (Lipinski definition) is 3. The van der Waals surface area contributed by atoms with Crippen molar-refractivity contribution in [3.05, 3.63) is 0 Å². The van der Waals surface area contributed by atoms with E-state index < -0.39 is 5.97 Å². The number of hydrogen-bond donors (Lipinski definition) is 0. The summed E-state index contributed by atoms with van der Waals surface area (Å²) in [5.74, 6) is 4.68. The van der Waals surface area contributed by atoms with Crippen LogP contribution in [0.5, 0.6) is 0 Å². The number of esters is 1. The first kappa shape index (κ1) is 16.0. The van der Waals surface area contributed by atoms with Crippen LogP contribution in [0, 0.1) is 11.8 Å². The Morgan fingerprint density at radius 1 is 1.24 bits per heavy atom. The molecular formula is C14H24O3. The topological polar surface area (TPSA) is 35.5 Å². The molecule has 1 aliphatic rings. The molecule has 3 heteroatoms. The number of carbonyl (C=O) groups excluding carboxylic acids is 1. The Hall–Kier alpha value is -1.01. The summed E-state index contributed by atoms with van der Waals surface area (Å²) in [6.45, 7) is 4.13. The molecule has 0 amide bonds. The maximum atomic E-state index is 10.4. The van der Waals surface area contributed by atoms with Crippen molar-refractivity contribution >= 4 is 5.97 Å². The van der Waals surface area contributed by atoms with Gasteiger partial charge in [0.25, 0.3) is 0 Å². The summed E-state index contributed by atoms with van der Waals surface area (Å²) < 4.78 is 9.41. The summed E-state index contributed by atoms with van der Waals surface area (Å²) >= 11 is 0. The van der Waals surface area contributed by atoms with Crippen LogP contribution < -0.4 is 0 Å². The smallest absolute Gasteiger partial charge is 0.384 e. The molecule has 0 unspecified atom stereocenters. The van der Waals surface area contributed by atoms with Gasteiger partial charge < -0.3 is 9.47 Å². The van der Waals surface area contributed by atoms with Gasteiger partial charge in [-0.15, -0.1) is 0 Å². The average molecular weight is 240 g/mol. The number of rotatable bonds is 3. The molecule has 0 aromatic carbocycles. The highest BCUT2D eigenvalue weighted by Gasteiger charge is 1.95. The fourth-order valence-electron chi connectivity index (χ4n) is 1.34. The zero-order valence-electron chi connectivity index (χ0n) is 11.1. The molecule has 1 aliphatic heterocycles. The van der Waals surface area contributed by atoms with Gasteiger partial charge in [-0.1, -0.05) is 25.7 Å². The van der Waals surface area contributed by atoms with Crippen LogP contribution in [0.2, 0.25) is 0 Å². The fraction of sp³-hybridized carbons (Fsp3) is 0.786. The predicted octanol–water partition coefficient (Wildman–Crippen LogP) is 2.93. The van der Waals surface area contributed by atoms with Crippen LogP contribution in [0.25, 0.3) is 0 Å². The molecule has 0 spiro atoms. The first-order valence-corrected chi connectivity index (χ1v) is 6.45. The molecule has 1 saturated heterocycles. The zero-order valence-corrected chi connectivity index (χ0v) is 11.1. The predicted molar refractivity (Wildman–Crippen MR) is 68.6 cm³/mol. The lowest BCUT2D eigenvalue weighted by atomic mass is 10.2. The van der Waals surface area contributed by atoms with Crippen molar-refractivity contribution in [2.75, 3.05) is 20.3 Å². The van der Waals surface area contributed by atoms with E-state index in [2.05, 4.69) is 23.5 Å². The van der Waals surface area contributed by atoms with Gasteiger partial charge >= 0.3 is 5.97 Å². The lowest BCUT2D eigenvalue weighted by molar-refractivity contribution is -0.133. The number of ether oxygens (including phenoxy) is 2. The van der Waals surface area contributed by atoms with Gasteiger partial charge in [0, 0.05) is 25.6 Å². The molecule has 0 atom stereocenters. The van der Waals surface area contributed by atoms with Gasteiger partial charge in [-0.05, 0) is 25.7 Å². The molecule has 0 aromatic heterocycles. The van der Waals surface area contributed by atoms with Crippen molar-refractivity contribution < 1.29 is 14.3 Å². The molecule has 0 saturated carbocycles. The van der Waals surface area contributed by atoms with Crippen molar-refractivity contribution in [3.63, 3.8) is 0 Å². The van der Waals surface area contributed by atoms with E-state index in [1.165, 1.54) is 39.2 Å². The molecule has 3 nitrogen and oxygen atoms in total. The van der Waals surface area contributed by atoms with Crippen LogP contribution in [0.4, 0.5) is 0 Å². The molecule has 0 aromatic rings. The Morgan fingerprint density at radius 3 is 2.35 bits per heavy atom. The summed E-state index contributed by atoms with van der Waals surface area (Å²) in [4.78, 5) is 10.4. The van der Waals surface area contributed by atoms with Crippen LogP contribution in [-0.2, 0) is 14.3 Å². The quantitative estimate of drug-likeness (QED) is 0.329. The monoisotopic (exact) mass is 240 g/mol. The second kappa shape index (κ2) is 13.1. The third-order valence-electron chi connectivity index (χ3n) is 2.36. The van der Waals surface area contributed by atoms with Crippen LogP contribution in [0.3, 0.4) is 0 Å². The standard InChI is InChI=1S/C9H14O2.C5H10O/c1-3-4-5-6-7-8-9(10)11-2;1-2-4-6-5-3-1/h3-6H2,1-2H3;1-5H2. The van der Waals surface area contributed by atoms with Crippen molar-refractivity contribution in [3.8, 4) is 11.8 Å². The van der Waals surface area contributed by atoms with E-state index in [4.69, 9.17) is 4.74 Å². The molecular weight excluding hydrogens is 216 g/mol. The molecule has 0 radical (unpaired) electrons. The van der Waals surface area contributed by atoms with E-state index in [1.54, 1.807) is 0 Å². The molecule has 1 rings (SSSR count). The molecule has 98 valence electrons. The molecule has 1 fully saturated rings. The Kier molecular flexibility index (Phi) is 12.3. The Labute approximate surface area is 105 Å². The lowest BCUT2D eigenvalue weighted by Gasteiger charge is -2.08. The minimum absolute atomic E-state index is 0.443. The van der Waals surface area contributed by atoms with Gasteiger partial charge in [0.1, 0.15) is 0 Å². The Balaban J connectivity index is 0.000000354. The van der Waals surface area contributed by atoms with E-state index >= 15 is 0 Å². The highest BCUT2D eigenvalue weighted by molar-refractivity contribution is 5.88. The van der Waals surface area contributed by atoms with Gasteiger partial charge in [-0.2, -0.15) is 0 Å². The summed E-state index contributed by atoms with van der Waals surface area (Å²) in [5, 5.41) is 0. The summed E-state index contributed by atoms with van der Waals surface area (Å²) in [7, 11) is 1.34. The van der Waals surface area contributed by atoms with Crippen LogP contribution in [0.1, 0.15) is 51.9 Å². The summed E-state index contributed by atoms with van der Waals surface area (Å²) in [6.07, 6.45) is 8.15. The first-order valence-electron chi connectivity index (χ1n) is 6.45.